The van der Waals surface area contributed by atoms with E-state index in [4.69, 9.17) is 21.1 Å². The van der Waals surface area contributed by atoms with Crippen LogP contribution in [0.25, 0.3) is 10.8 Å². The quantitative estimate of drug-likeness (QED) is 0.433. The smallest absolute Gasteiger partial charge is 0.275 e. The molecule has 0 spiro atoms. The van der Waals surface area contributed by atoms with Crippen molar-refractivity contribution in [3.63, 3.8) is 0 Å². The number of aromatic hydroxyl groups is 1. The second-order valence-corrected chi connectivity index (χ2v) is 6.52. The lowest BCUT2D eigenvalue weighted by Gasteiger charge is -2.13. The van der Waals surface area contributed by atoms with Crippen molar-refractivity contribution in [1.82, 2.24) is 5.43 Å². The molecule has 0 radical (unpaired) electrons. The molecule has 29 heavy (non-hydrogen) atoms. The van der Waals surface area contributed by atoms with E-state index in [0.717, 1.165) is 10.8 Å². The highest BCUT2D eigenvalue weighted by molar-refractivity contribution is 6.32. The number of carbonyl (C=O) groups is 1. The summed E-state index contributed by atoms with van der Waals surface area (Å²) in [5.41, 5.74) is 3.19. The Morgan fingerprint density at radius 3 is 2.48 bits per heavy atom. The highest BCUT2D eigenvalue weighted by atomic mass is 35.5. The SMILES string of the molecule is CCOc1cc(C=NNC(=O)c2cc3ccccc3cc2O)cc(Cl)c1OCC. The molecule has 0 atom stereocenters. The Morgan fingerprint density at radius 1 is 1.10 bits per heavy atom. The zero-order valence-corrected chi connectivity index (χ0v) is 16.9. The van der Waals surface area contributed by atoms with Gasteiger partial charge in [0.05, 0.1) is 30.0 Å². The first-order valence-electron chi connectivity index (χ1n) is 9.17. The van der Waals surface area contributed by atoms with Gasteiger partial charge in [0.15, 0.2) is 11.5 Å². The van der Waals surface area contributed by atoms with Gasteiger partial charge in [0.1, 0.15) is 5.75 Å². The van der Waals surface area contributed by atoms with Crippen LogP contribution in [-0.2, 0) is 0 Å². The summed E-state index contributed by atoms with van der Waals surface area (Å²) in [6, 6.07) is 14.0. The van der Waals surface area contributed by atoms with Gasteiger partial charge in [-0.3, -0.25) is 4.79 Å². The van der Waals surface area contributed by atoms with Crippen LogP contribution in [0.5, 0.6) is 17.2 Å². The van der Waals surface area contributed by atoms with Gasteiger partial charge < -0.3 is 14.6 Å². The molecule has 2 N–H and O–H groups in total. The molecule has 3 aromatic rings. The molecule has 3 aromatic carbocycles. The summed E-state index contributed by atoms with van der Waals surface area (Å²) in [5.74, 6) is 0.339. The van der Waals surface area contributed by atoms with Crippen LogP contribution in [-0.4, -0.2) is 30.4 Å². The lowest BCUT2D eigenvalue weighted by Crippen LogP contribution is -2.17. The molecular weight excluding hydrogens is 392 g/mol. The molecule has 0 bridgehead atoms. The lowest BCUT2D eigenvalue weighted by molar-refractivity contribution is 0.0952. The first kappa shape index (κ1) is 20.5. The average Bonchev–Trinajstić information content (AvgIpc) is 2.70. The number of benzene rings is 3. The maximum Gasteiger partial charge on any atom is 0.275 e. The van der Waals surface area contributed by atoms with Gasteiger partial charge in [-0.1, -0.05) is 35.9 Å². The molecule has 0 aromatic heterocycles. The zero-order chi connectivity index (χ0) is 20.8. The number of phenolic OH excluding ortho intramolecular Hbond substituents is 1. The van der Waals surface area contributed by atoms with Crippen molar-refractivity contribution in [3.05, 3.63) is 64.7 Å². The van der Waals surface area contributed by atoms with Crippen LogP contribution < -0.4 is 14.9 Å². The van der Waals surface area contributed by atoms with Crippen LogP contribution in [0.3, 0.4) is 0 Å². The van der Waals surface area contributed by atoms with E-state index in [1.165, 1.54) is 6.21 Å². The van der Waals surface area contributed by atoms with Gasteiger partial charge in [-0.2, -0.15) is 5.10 Å². The van der Waals surface area contributed by atoms with Crippen molar-refractivity contribution < 1.29 is 19.4 Å². The first-order valence-corrected chi connectivity index (χ1v) is 9.55. The number of rotatable bonds is 7. The molecule has 3 rings (SSSR count). The van der Waals surface area contributed by atoms with E-state index in [-0.39, 0.29) is 11.3 Å². The van der Waals surface area contributed by atoms with Gasteiger partial charge in [0.25, 0.3) is 5.91 Å². The summed E-state index contributed by atoms with van der Waals surface area (Å²) in [5, 5.41) is 16.2. The van der Waals surface area contributed by atoms with Gasteiger partial charge in [0.2, 0.25) is 0 Å². The van der Waals surface area contributed by atoms with Crippen LogP contribution in [0.2, 0.25) is 5.02 Å². The molecule has 1 amide bonds. The van der Waals surface area contributed by atoms with Crippen LogP contribution in [0.15, 0.2) is 53.6 Å². The van der Waals surface area contributed by atoms with Crippen LogP contribution in [0.4, 0.5) is 0 Å². The summed E-state index contributed by atoms with van der Waals surface area (Å²) in [4.78, 5) is 12.4. The van der Waals surface area contributed by atoms with Gasteiger partial charge >= 0.3 is 0 Å². The Balaban J connectivity index is 1.79. The second-order valence-electron chi connectivity index (χ2n) is 6.11. The average molecular weight is 413 g/mol. The number of phenols is 1. The van der Waals surface area contributed by atoms with Gasteiger partial charge in [-0.15, -0.1) is 0 Å². The number of halogens is 1. The molecule has 6 nitrogen and oxygen atoms in total. The monoisotopic (exact) mass is 412 g/mol. The van der Waals surface area contributed by atoms with Crippen molar-refractivity contribution in [2.24, 2.45) is 5.10 Å². The van der Waals surface area contributed by atoms with Crippen LogP contribution in [0, 0.1) is 0 Å². The molecule has 150 valence electrons. The van der Waals surface area contributed by atoms with E-state index in [2.05, 4.69) is 10.5 Å². The number of hydrogen-bond acceptors (Lipinski definition) is 5. The minimum atomic E-state index is -0.522. The molecule has 0 aliphatic heterocycles. The largest absolute Gasteiger partial charge is 0.507 e. The fraction of sp³-hybridized carbons (Fsp3) is 0.182. The minimum absolute atomic E-state index is 0.112. The molecule has 0 unspecified atom stereocenters. The molecule has 0 fully saturated rings. The fourth-order valence-corrected chi connectivity index (χ4v) is 3.12. The summed E-state index contributed by atoms with van der Waals surface area (Å²) in [6.45, 7) is 4.63. The van der Waals surface area contributed by atoms with Crippen molar-refractivity contribution in [1.29, 1.82) is 0 Å². The Bertz CT molecular complexity index is 1070. The number of nitrogens with zero attached hydrogens (tertiary/aromatic N) is 1. The number of carbonyl (C=O) groups excluding carboxylic acids is 1. The number of fused-ring (bicyclic) bond motifs is 1. The van der Waals surface area contributed by atoms with Crippen molar-refractivity contribution >= 4 is 34.5 Å². The molecule has 0 saturated carbocycles. The predicted molar refractivity (Wildman–Crippen MR) is 114 cm³/mol. The third kappa shape index (κ3) is 4.78. The fourth-order valence-electron chi connectivity index (χ4n) is 2.85. The zero-order valence-electron chi connectivity index (χ0n) is 16.1. The van der Waals surface area contributed by atoms with Crippen molar-refractivity contribution in [2.75, 3.05) is 13.2 Å². The van der Waals surface area contributed by atoms with E-state index in [9.17, 15) is 9.90 Å². The lowest BCUT2D eigenvalue weighted by atomic mass is 10.1. The minimum Gasteiger partial charge on any atom is -0.507 e. The molecule has 0 saturated heterocycles. The maximum atomic E-state index is 12.4. The van der Waals surface area contributed by atoms with Crippen LogP contribution >= 0.6 is 11.6 Å². The van der Waals surface area contributed by atoms with Gasteiger partial charge in [0, 0.05) is 0 Å². The molecular formula is C22H21ClN2O4. The highest BCUT2D eigenvalue weighted by Crippen LogP contribution is 2.36. The summed E-state index contributed by atoms with van der Waals surface area (Å²) < 4.78 is 11.1. The van der Waals surface area contributed by atoms with Gasteiger partial charge in [-0.05, 0) is 54.4 Å². The Kier molecular flexibility index (Phi) is 6.57. The van der Waals surface area contributed by atoms with Crippen LogP contribution in [0.1, 0.15) is 29.8 Å². The Morgan fingerprint density at radius 2 is 1.79 bits per heavy atom. The summed E-state index contributed by atoms with van der Waals surface area (Å²) >= 11 is 6.28. The highest BCUT2D eigenvalue weighted by Gasteiger charge is 2.13. The maximum absolute atomic E-state index is 12.4. The van der Waals surface area contributed by atoms with E-state index in [1.54, 1.807) is 24.3 Å². The van der Waals surface area contributed by atoms with E-state index in [1.807, 2.05) is 38.1 Å². The normalized spacial score (nSPS) is 11.0. The Hall–Kier alpha value is -3.25. The number of hydrazone groups is 1. The van der Waals surface area contributed by atoms with Crippen molar-refractivity contribution in [3.8, 4) is 17.2 Å². The number of hydrogen-bond donors (Lipinski definition) is 2. The van der Waals surface area contributed by atoms with E-state index < -0.39 is 5.91 Å². The molecule has 0 aliphatic carbocycles. The topological polar surface area (TPSA) is 80.2 Å². The van der Waals surface area contributed by atoms with E-state index >= 15 is 0 Å². The molecule has 0 aliphatic rings. The third-order valence-corrected chi connectivity index (χ3v) is 4.39. The van der Waals surface area contributed by atoms with Crippen molar-refractivity contribution in [2.45, 2.75) is 13.8 Å². The number of amides is 1. The first-order chi connectivity index (χ1) is 14.0. The molecule has 0 heterocycles. The predicted octanol–water partition coefficient (Wildman–Crippen LogP) is 4.76. The number of ether oxygens (including phenoxy) is 2. The van der Waals surface area contributed by atoms with E-state index in [0.29, 0.717) is 35.3 Å². The molecule has 7 heteroatoms. The second kappa shape index (κ2) is 9.30. The summed E-state index contributed by atoms with van der Waals surface area (Å²) in [7, 11) is 0. The Labute approximate surface area is 173 Å². The third-order valence-electron chi connectivity index (χ3n) is 4.11. The standard InChI is InChI=1S/C22H21ClN2O4/c1-3-28-20-10-14(9-18(23)21(20)29-4-2)13-24-25-22(27)17-11-15-7-5-6-8-16(15)12-19(17)26/h5-13,26H,3-4H2,1-2H3,(H,25,27). The summed E-state index contributed by atoms with van der Waals surface area (Å²) in [6.07, 6.45) is 1.44. The van der Waals surface area contributed by atoms with Gasteiger partial charge in [-0.25, -0.2) is 5.43 Å². The number of nitrogens with one attached hydrogen (secondary N) is 1.